The van der Waals surface area contributed by atoms with Crippen LogP contribution in [0.25, 0.3) is 10.9 Å². The predicted octanol–water partition coefficient (Wildman–Crippen LogP) is 3.82. The Morgan fingerprint density at radius 1 is 0.970 bits per heavy atom. The van der Waals surface area contributed by atoms with E-state index in [1.807, 2.05) is 12.1 Å². The Hall–Kier alpha value is -3.16. The van der Waals surface area contributed by atoms with Crippen LogP contribution in [0.2, 0.25) is 0 Å². The number of hydrogen-bond donors (Lipinski definition) is 2. The summed E-state index contributed by atoms with van der Waals surface area (Å²) in [5.74, 6) is 0.478. The molecule has 1 aliphatic carbocycles. The van der Waals surface area contributed by atoms with Crippen molar-refractivity contribution in [3.05, 3.63) is 60.3 Å². The van der Waals surface area contributed by atoms with E-state index in [0.29, 0.717) is 11.5 Å². The van der Waals surface area contributed by atoms with Crippen molar-refractivity contribution in [3.63, 3.8) is 0 Å². The molecule has 0 radical (unpaired) electrons. The average molecular weight is 447 g/mol. The first-order valence-corrected chi connectivity index (χ1v) is 11.7. The van der Waals surface area contributed by atoms with Crippen molar-refractivity contribution in [2.45, 2.75) is 19.9 Å². The van der Waals surface area contributed by atoms with Gasteiger partial charge in [0.05, 0.1) is 13.2 Å². The maximum absolute atomic E-state index is 12.7. The third-order valence-electron chi connectivity index (χ3n) is 6.65. The molecule has 1 aliphatic heterocycles. The van der Waals surface area contributed by atoms with Crippen LogP contribution in [-0.4, -0.2) is 54.1 Å². The number of hydrogen-bond acceptors (Lipinski definition) is 4. The van der Waals surface area contributed by atoms with Gasteiger partial charge in [0.1, 0.15) is 0 Å². The highest BCUT2D eigenvalue weighted by Crippen LogP contribution is 2.38. The molecule has 0 spiro atoms. The largest absolute Gasteiger partial charge is 0.379 e. The van der Waals surface area contributed by atoms with Crippen molar-refractivity contribution in [2.75, 3.05) is 43.5 Å². The van der Waals surface area contributed by atoms with Crippen molar-refractivity contribution in [3.8, 4) is 0 Å². The first kappa shape index (κ1) is 21.7. The molecular weight excluding hydrogens is 416 g/mol. The fraction of sp³-hybridized carbons (Fsp3) is 0.385. The van der Waals surface area contributed by atoms with Crippen LogP contribution in [0.1, 0.15) is 23.7 Å². The number of carbonyl (C=O) groups is 2. The lowest BCUT2D eigenvalue weighted by molar-refractivity contribution is -0.117. The number of rotatable bonds is 7. The van der Waals surface area contributed by atoms with Crippen molar-refractivity contribution in [2.24, 2.45) is 11.8 Å². The molecule has 1 aromatic heterocycles. The molecule has 172 valence electrons. The smallest absolute Gasteiger partial charge is 0.255 e. The van der Waals surface area contributed by atoms with E-state index in [1.165, 1.54) is 0 Å². The third-order valence-corrected chi connectivity index (χ3v) is 6.65. The molecule has 33 heavy (non-hydrogen) atoms. The van der Waals surface area contributed by atoms with Gasteiger partial charge in [-0.1, -0.05) is 6.92 Å². The molecule has 2 atom stereocenters. The summed E-state index contributed by atoms with van der Waals surface area (Å²) >= 11 is 0. The Balaban J connectivity index is 1.19. The molecule has 2 aromatic carbocycles. The van der Waals surface area contributed by atoms with E-state index < -0.39 is 0 Å². The number of aromatic nitrogens is 1. The average Bonchev–Trinajstić information content (AvgIpc) is 3.44. The van der Waals surface area contributed by atoms with E-state index in [0.717, 1.165) is 68.1 Å². The standard InChI is InChI=1S/C26H30N4O3/c1-18-16-23(18)26(32)27-21-4-2-19(3-5-21)25(31)28-22-6-7-24-20(17-22)8-9-30(24)11-10-29-12-14-33-15-13-29/h2-9,17-18,23H,10-16H2,1H3,(H,27,32)(H,28,31). The number of amides is 2. The van der Waals surface area contributed by atoms with Gasteiger partial charge >= 0.3 is 0 Å². The zero-order chi connectivity index (χ0) is 22.8. The Bertz CT molecular complexity index is 1150. The lowest BCUT2D eigenvalue weighted by Gasteiger charge is -2.26. The molecule has 7 nitrogen and oxygen atoms in total. The zero-order valence-corrected chi connectivity index (χ0v) is 18.9. The van der Waals surface area contributed by atoms with Gasteiger partial charge in [-0.05, 0) is 60.9 Å². The maximum Gasteiger partial charge on any atom is 0.255 e. The Kier molecular flexibility index (Phi) is 6.15. The van der Waals surface area contributed by atoms with Gasteiger partial charge in [-0.15, -0.1) is 0 Å². The molecule has 1 saturated heterocycles. The first-order chi connectivity index (χ1) is 16.1. The van der Waals surface area contributed by atoms with Crippen molar-refractivity contribution in [1.29, 1.82) is 0 Å². The monoisotopic (exact) mass is 446 g/mol. The van der Waals surface area contributed by atoms with E-state index in [4.69, 9.17) is 4.74 Å². The highest BCUT2D eigenvalue weighted by atomic mass is 16.5. The summed E-state index contributed by atoms with van der Waals surface area (Å²) in [4.78, 5) is 27.2. The normalized spacial score (nSPS) is 20.5. The van der Waals surface area contributed by atoms with Crippen molar-refractivity contribution >= 4 is 34.1 Å². The van der Waals surface area contributed by atoms with Crippen LogP contribution in [0.5, 0.6) is 0 Å². The Morgan fingerprint density at radius 3 is 2.42 bits per heavy atom. The number of carbonyl (C=O) groups excluding carboxylic acids is 2. The van der Waals surface area contributed by atoms with Gasteiger partial charge in [0.25, 0.3) is 5.91 Å². The van der Waals surface area contributed by atoms with Gasteiger partial charge in [-0.25, -0.2) is 0 Å². The lowest BCUT2D eigenvalue weighted by Crippen LogP contribution is -2.38. The first-order valence-electron chi connectivity index (χ1n) is 11.7. The lowest BCUT2D eigenvalue weighted by atomic mass is 10.1. The molecule has 2 heterocycles. The number of ether oxygens (including phenoxy) is 1. The van der Waals surface area contributed by atoms with Gasteiger partial charge in [0.2, 0.25) is 5.91 Å². The summed E-state index contributed by atoms with van der Waals surface area (Å²) in [5.41, 5.74) is 3.19. The molecule has 3 aromatic rings. The van der Waals surface area contributed by atoms with Crippen LogP contribution in [-0.2, 0) is 16.1 Å². The second kappa shape index (κ2) is 9.37. The number of benzene rings is 2. The molecule has 2 fully saturated rings. The van der Waals surface area contributed by atoms with Crippen LogP contribution in [0.4, 0.5) is 11.4 Å². The van der Waals surface area contributed by atoms with Crippen LogP contribution in [0.3, 0.4) is 0 Å². The molecule has 5 rings (SSSR count). The number of fused-ring (bicyclic) bond motifs is 1. The summed E-state index contributed by atoms with van der Waals surface area (Å²) in [6.45, 7) is 7.61. The van der Waals surface area contributed by atoms with Gasteiger partial charge in [0, 0.05) is 66.1 Å². The van der Waals surface area contributed by atoms with E-state index in [2.05, 4.69) is 45.4 Å². The fourth-order valence-corrected chi connectivity index (χ4v) is 4.38. The quantitative estimate of drug-likeness (QED) is 0.579. The molecule has 2 amide bonds. The van der Waals surface area contributed by atoms with Gasteiger partial charge in [-0.3, -0.25) is 14.5 Å². The second-order valence-electron chi connectivity index (χ2n) is 9.08. The molecule has 1 saturated carbocycles. The highest BCUT2D eigenvalue weighted by Gasteiger charge is 2.39. The number of nitrogens with one attached hydrogen (secondary N) is 2. The third kappa shape index (κ3) is 5.10. The van der Waals surface area contributed by atoms with E-state index in [1.54, 1.807) is 24.3 Å². The maximum atomic E-state index is 12.7. The minimum atomic E-state index is -0.171. The highest BCUT2D eigenvalue weighted by molar-refractivity contribution is 6.05. The van der Waals surface area contributed by atoms with Crippen molar-refractivity contribution in [1.82, 2.24) is 9.47 Å². The number of morpholine rings is 1. The fourth-order valence-electron chi connectivity index (χ4n) is 4.38. The minimum Gasteiger partial charge on any atom is -0.379 e. The molecular formula is C26H30N4O3. The molecule has 7 heteroatoms. The SMILES string of the molecule is CC1CC1C(=O)Nc1ccc(C(=O)Nc2ccc3c(ccn3CCN3CCOCC3)c2)cc1. The van der Waals surface area contributed by atoms with Crippen LogP contribution >= 0.6 is 0 Å². The Labute approximate surface area is 193 Å². The number of anilines is 2. The number of nitrogens with zero attached hydrogens (tertiary/aromatic N) is 2. The van der Waals surface area contributed by atoms with E-state index >= 15 is 0 Å². The molecule has 2 N–H and O–H groups in total. The zero-order valence-electron chi connectivity index (χ0n) is 18.9. The van der Waals surface area contributed by atoms with Crippen molar-refractivity contribution < 1.29 is 14.3 Å². The minimum absolute atomic E-state index is 0.0601. The van der Waals surface area contributed by atoms with Gasteiger partial charge in [-0.2, -0.15) is 0 Å². The summed E-state index contributed by atoms with van der Waals surface area (Å²) in [5, 5.41) is 7.00. The summed E-state index contributed by atoms with van der Waals surface area (Å²) in [6, 6.07) is 15.1. The topological polar surface area (TPSA) is 75.6 Å². The summed E-state index contributed by atoms with van der Waals surface area (Å²) < 4.78 is 7.68. The summed E-state index contributed by atoms with van der Waals surface area (Å²) in [7, 11) is 0. The summed E-state index contributed by atoms with van der Waals surface area (Å²) in [6.07, 6.45) is 3.06. The van der Waals surface area contributed by atoms with E-state index in [-0.39, 0.29) is 17.7 Å². The molecule has 0 bridgehead atoms. The van der Waals surface area contributed by atoms with Crippen LogP contribution in [0, 0.1) is 11.8 Å². The predicted molar refractivity (Wildman–Crippen MR) is 129 cm³/mol. The van der Waals surface area contributed by atoms with Gasteiger partial charge in [0.15, 0.2) is 0 Å². The second-order valence-corrected chi connectivity index (χ2v) is 9.08. The van der Waals surface area contributed by atoms with Crippen LogP contribution in [0.15, 0.2) is 54.7 Å². The molecule has 2 aliphatic rings. The Morgan fingerprint density at radius 2 is 1.70 bits per heavy atom. The van der Waals surface area contributed by atoms with Gasteiger partial charge < -0.3 is 19.9 Å². The molecule has 2 unspecified atom stereocenters. The van der Waals surface area contributed by atoms with Crippen LogP contribution < -0.4 is 10.6 Å². The van der Waals surface area contributed by atoms with E-state index in [9.17, 15) is 9.59 Å².